The Labute approximate surface area is 97.7 Å². The molecule has 0 fully saturated rings. The first-order valence-corrected chi connectivity index (χ1v) is 6.09. The van der Waals surface area contributed by atoms with Crippen LogP contribution < -0.4 is 0 Å². The SMILES string of the molecule is CSc1ccc(-c2noc([C@H](C)O)n2)cc1. The highest BCUT2D eigenvalue weighted by atomic mass is 32.2. The Morgan fingerprint density at radius 3 is 2.50 bits per heavy atom. The number of benzene rings is 1. The van der Waals surface area contributed by atoms with Gasteiger partial charge in [0.05, 0.1) is 0 Å². The number of hydrogen-bond acceptors (Lipinski definition) is 5. The van der Waals surface area contributed by atoms with Crippen molar-refractivity contribution in [1.29, 1.82) is 0 Å². The molecule has 0 bridgehead atoms. The molecule has 2 rings (SSSR count). The van der Waals surface area contributed by atoms with E-state index < -0.39 is 6.10 Å². The third-order valence-electron chi connectivity index (χ3n) is 2.15. The summed E-state index contributed by atoms with van der Waals surface area (Å²) < 4.78 is 4.92. The number of aliphatic hydroxyl groups excluding tert-OH is 1. The van der Waals surface area contributed by atoms with Crippen LogP contribution in [0.25, 0.3) is 11.4 Å². The van der Waals surface area contributed by atoms with Gasteiger partial charge in [0.1, 0.15) is 6.10 Å². The molecule has 1 aromatic heterocycles. The number of rotatable bonds is 3. The van der Waals surface area contributed by atoms with Gasteiger partial charge in [-0.3, -0.25) is 0 Å². The summed E-state index contributed by atoms with van der Waals surface area (Å²) in [5, 5.41) is 13.1. The Morgan fingerprint density at radius 1 is 1.31 bits per heavy atom. The van der Waals surface area contributed by atoms with E-state index in [1.54, 1.807) is 18.7 Å². The molecule has 1 N–H and O–H groups in total. The second-order valence-corrected chi connectivity index (χ2v) is 4.24. The van der Waals surface area contributed by atoms with Crippen LogP contribution in [-0.2, 0) is 0 Å². The van der Waals surface area contributed by atoms with E-state index in [1.165, 1.54) is 4.90 Å². The van der Waals surface area contributed by atoms with E-state index in [2.05, 4.69) is 10.1 Å². The van der Waals surface area contributed by atoms with Gasteiger partial charge in [-0.05, 0) is 37.4 Å². The second-order valence-electron chi connectivity index (χ2n) is 3.36. The molecule has 4 nitrogen and oxygen atoms in total. The summed E-state index contributed by atoms with van der Waals surface area (Å²) >= 11 is 1.68. The summed E-state index contributed by atoms with van der Waals surface area (Å²) in [5.74, 6) is 0.743. The van der Waals surface area contributed by atoms with Crippen molar-refractivity contribution in [1.82, 2.24) is 10.1 Å². The van der Waals surface area contributed by atoms with Crippen molar-refractivity contribution in [3.8, 4) is 11.4 Å². The largest absolute Gasteiger partial charge is 0.384 e. The van der Waals surface area contributed by atoms with Crippen molar-refractivity contribution in [2.75, 3.05) is 6.26 Å². The summed E-state index contributed by atoms with van der Waals surface area (Å²) in [6, 6.07) is 7.86. The fourth-order valence-corrected chi connectivity index (χ4v) is 1.67. The fraction of sp³-hybridized carbons (Fsp3) is 0.273. The third kappa shape index (κ3) is 2.25. The molecule has 0 radical (unpaired) electrons. The topological polar surface area (TPSA) is 59.2 Å². The zero-order chi connectivity index (χ0) is 11.5. The molecule has 0 unspecified atom stereocenters. The van der Waals surface area contributed by atoms with Crippen LogP contribution in [0.5, 0.6) is 0 Å². The maximum atomic E-state index is 9.27. The summed E-state index contributed by atoms with van der Waals surface area (Å²) in [5.41, 5.74) is 0.883. The first kappa shape index (κ1) is 11.2. The average Bonchev–Trinajstić information content (AvgIpc) is 2.78. The van der Waals surface area contributed by atoms with Crippen molar-refractivity contribution in [2.45, 2.75) is 17.9 Å². The predicted molar refractivity (Wildman–Crippen MR) is 62.1 cm³/mol. The Bertz CT molecular complexity index is 465. The molecular formula is C11H12N2O2S. The van der Waals surface area contributed by atoms with E-state index in [4.69, 9.17) is 4.52 Å². The summed E-state index contributed by atoms with van der Waals surface area (Å²) in [4.78, 5) is 5.28. The number of aromatic nitrogens is 2. The van der Waals surface area contributed by atoms with E-state index in [0.29, 0.717) is 5.82 Å². The molecular weight excluding hydrogens is 224 g/mol. The number of aliphatic hydroxyl groups is 1. The molecule has 84 valence electrons. The lowest BCUT2D eigenvalue weighted by atomic mass is 10.2. The maximum absolute atomic E-state index is 9.27. The Balaban J connectivity index is 2.28. The molecule has 5 heteroatoms. The molecule has 0 aliphatic rings. The van der Waals surface area contributed by atoms with Crippen LogP contribution in [0.3, 0.4) is 0 Å². The third-order valence-corrected chi connectivity index (χ3v) is 2.89. The Kier molecular flexibility index (Phi) is 3.26. The van der Waals surface area contributed by atoms with Gasteiger partial charge in [0, 0.05) is 10.5 Å². The van der Waals surface area contributed by atoms with Gasteiger partial charge in [0.25, 0.3) is 5.89 Å². The first-order chi connectivity index (χ1) is 7.70. The molecule has 0 amide bonds. The highest BCUT2D eigenvalue weighted by Gasteiger charge is 2.12. The monoisotopic (exact) mass is 236 g/mol. The molecule has 0 aliphatic heterocycles. The van der Waals surface area contributed by atoms with E-state index in [1.807, 2.05) is 30.5 Å². The second kappa shape index (κ2) is 4.67. The lowest BCUT2D eigenvalue weighted by Gasteiger charge is -1.97. The number of hydrogen-bond donors (Lipinski definition) is 1. The van der Waals surface area contributed by atoms with Gasteiger partial charge in [-0.15, -0.1) is 11.8 Å². The molecule has 0 aliphatic carbocycles. The van der Waals surface area contributed by atoms with Gasteiger partial charge in [-0.25, -0.2) is 0 Å². The van der Waals surface area contributed by atoms with Gasteiger partial charge >= 0.3 is 0 Å². The van der Waals surface area contributed by atoms with Crippen LogP contribution >= 0.6 is 11.8 Å². The Morgan fingerprint density at radius 2 is 2.00 bits per heavy atom. The minimum absolute atomic E-state index is 0.240. The quantitative estimate of drug-likeness (QED) is 0.830. The van der Waals surface area contributed by atoms with Crippen LogP contribution in [0, 0.1) is 0 Å². The van der Waals surface area contributed by atoms with E-state index in [-0.39, 0.29) is 5.89 Å². The van der Waals surface area contributed by atoms with E-state index >= 15 is 0 Å². The smallest absolute Gasteiger partial charge is 0.255 e. The maximum Gasteiger partial charge on any atom is 0.255 e. The van der Waals surface area contributed by atoms with Gasteiger partial charge in [-0.2, -0.15) is 4.98 Å². The van der Waals surface area contributed by atoms with Crippen LogP contribution in [0.4, 0.5) is 0 Å². The summed E-state index contributed by atoms with van der Waals surface area (Å²) in [7, 11) is 0. The van der Waals surface area contributed by atoms with Crippen LogP contribution in [0.2, 0.25) is 0 Å². The molecule has 1 heterocycles. The molecule has 1 aromatic carbocycles. The predicted octanol–water partition coefficient (Wildman–Crippen LogP) is 2.51. The molecule has 0 saturated carbocycles. The van der Waals surface area contributed by atoms with Crippen LogP contribution in [0.15, 0.2) is 33.7 Å². The number of nitrogens with zero attached hydrogens (tertiary/aromatic N) is 2. The highest BCUT2D eigenvalue weighted by Crippen LogP contribution is 2.21. The molecule has 2 aromatic rings. The van der Waals surface area contributed by atoms with Gasteiger partial charge < -0.3 is 9.63 Å². The zero-order valence-corrected chi connectivity index (χ0v) is 9.86. The summed E-state index contributed by atoms with van der Waals surface area (Å²) in [6.45, 7) is 1.59. The van der Waals surface area contributed by atoms with Crippen molar-refractivity contribution in [2.24, 2.45) is 0 Å². The minimum atomic E-state index is -0.730. The zero-order valence-electron chi connectivity index (χ0n) is 9.04. The first-order valence-electron chi connectivity index (χ1n) is 4.87. The van der Waals surface area contributed by atoms with Gasteiger partial charge in [0.15, 0.2) is 0 Å². The van der Waals surface area contributed by atoms with Gasteiger partial charge in [-0.1, -0.05) is 5.16 Å². The lowest BCUT2D eigenvalue weighted by Crippen LogP contribution is -1.90. The van der Waals surface area contributed by atoms with Crippen molar-refractivity contribution >= 4 is 11.8 Å². The number of thioether (sulfide) groups is 1. The average molecular weight is 236 g/mol. The van der Waals surface area contributed by atoms with Crippen molar-refractivity contribution in [3.63, 3.8) is 0 Å². The van der Waals surface area contributed by atoms with E-state index in [0.717, 1.165) is 5.56 Å². The minimum Gasteiger partial charge on any atom is -0.384 e. The molecule has 16 heavy (non-hydrogen) atoms. The van der Waals surface area contributed by atoms with Crippen LogP contribution in [-0.4, -0.2) is 21.5 Å². The molecule has 0 spiro atoms. The fourth-order valence-electron chi connectivity index (χ4n) is 1.26. The highest BCUT2D eigenvalue weighted by molar-refractivity contribution is 7.98. The standard InChI is InChI=1S/C11H12N2O2S/c1-7(14)11-12-10(13-15-11)8-3-5-9(16-2)6-4-8/h3-7,14H,1-2H3/t7-/m0/s1. The lowest BCUT2D eigenvalue weighted by molar-refractivity contribution is 0.152. The van der Waals surface area contributed by atoms with Crippen molar-refractivity contribution < 1.29 is 9.63 Å². The van der Waals surface area contributed by atoms with Gasteiger partial charge in [0.2, 0.25) is 5.82 Å². The van der Waals surface area contributed by atoms with Crippen LogP contribution in [0.1, 0.15) is 18.9 Å². The van der Waals surface area contributed by atoms with Crippen molar-refractivity contribution in [3.05, 3.63) is 30.2 Å². The normalized spacial score (nSPS) is 12.7. The Hall–Kier alpha value is -1.33. The molecule has 0 saturated heterocycles. The molecule has 1 atom stereocenters. The van der Waals surface area contributed by atoms with E-state index in [9.17, 15) is 5.11 Å². The summed E-state index contributed by atoms with van der Waals surface area (Å²) in [6.07, 6.45) is 1.29.